The standard InChI is InChI=1S/C27H26N6O2/c1-3-22(34)33-18-15-21(31(2)16-18)24(33)27-30-23(25-26(28)29-13-14-32(25)27)17-9-11-20(12-10-17)35-19-7-5-4-6-8-19/h3-14,18,21,24H,1,15-16H2,2H3,(H2,28,29)/t18-,21-,24?/m0/s1. The summed E-state index contributed by atoms with van der Waals surface area (Å²) in [7, 11) is 2.10. The number of nitrogens with zero attached hydrogens (tertiary/aromatic N) is 5. The predicted octanol–water partition coefficient (Wildman–Crippen LogP) is 3.91. The second kappa shape index (κ2) is 8.25. The van der Waals surface area contributed by atoms with Gasteiger partial charge in [0.2, 0.25) is 5.91 Å². The van der Waals surface area contributed by atoms with Gasteiger partial charge in [0, 0.05) is 36.6 Å². The highest BCUT2D eigenvalue weighted by atomic mass is 16.5. The van der Waals surface area contributed by atoms with Crippen molar-refractivity contribution in [2.24, 2.45) is 0 Å². The van der Waals surface area contributed by atoms with E-state index in [1.807, 2.05) is 70.1 Å². The Morgan fingerprint density at radius 3 is 2.63 bits per heavy atom. The number of nitrogen functional groups attached to an aromatic ring is 1. The fraction of sp³-hybridized carbons (Fsp3) is 0.222. The van der Waals surface area contributed by atoms with Crippen molar-refractivity contribution >= 4 is 17.2 Å². The molecule has 35 heavy (non-hydrogen) atoms. The minimum absolute atomic E-state index is 0.0710. The van der Waals surface area contributed by atoms with E-state index < -0.39 is 0 Å². The summed E-state index contributed by atoms with van der Waals surface area (Å²) in [6.07, 6.45) is 5.85. The van der Waals surface area contributed by atoms with Crippen LogP contribution in [0.3, 0.4) is 0 Å². The molecule has 2 saturated heterocycles. The summed E-state index contributed by atoms with van der Waals surface area (Å²) in [6.45, 7) is 4.58. The highest BCUT2D eigenvalue weighted by Crippen LogP contribution is 2.45. The van der Waals surface area contributed by atoms with Crippen molar-refractivity contribution in [1.29, 1.82) is 0 Å². The Hall–Kier alpha value is -4.17. The normalized spacial score (nSPS) is 21.5. The van der Waals surface area contributed by atoms with Crippen molar-refractivity contribution in [2.75, 3.05) is 19.3 Å². The zero-order chi connectivity index (χ0) is 24.1. The molecule has 0 radical (unpaired) electrons. The van der Waals surface area contributed by atoms with Crippen LogP contribution in [-0.2, 0) is 4.79 Å². The second-order valence-electron chi connectivity index (χ2n) is 9.08. The van der Waals surface area contributed by atoms with Crippen LogP contribution in [0.4, 0.5) is 5.82 Å². The van der Waals surface area contributed by atoms with Crippen molar-refractivity contribution in [2.45, 2.75) is 24.5 Å². The van der Waals surface area contributed by atoms with Crippen molar-refractivity contribution in [3.05, 3.63) is 85.5 Å². The van der Waals surface area contributed by atoms with Crippen LogP contribution in [0.25, 0.3) is 16.8 Å². The molecule has 3 atom stereocenters. The largest absolute Gasteiger partial charge is 0.457 e. The van der Waals surface area contributed by atoms with Crippen molar-refractivity contribution in [3.63, 3.8) is 0 Å². The highest BCUT2D eigenvalue weighted by Gasteiger charge is 2.52. The minimum Gasteiger partial charge on any atom is -0.457 e. The van der Waals surface area contributed by atoms with Crippen LogP contribution in [0.2, 0.25) is 0 Å². The minimum atomic E-state index is -0.201. The number of likely N-dealkylation sites (tertiary alicyclic amines) is 2. The number of benzene rings is 2. The van der Waals surface area contributed by atoms with E-state index >= 15 is 0 Å². The molecule has 2 N–H and O–H groups in total. The van der Waals surface area contributed by atoms with Gasteiger partial charge in [0.15, 0.2) is 0 Å². The maximum Gasteiger partial charge on any atom is 0.246 e. The van der Waals surface area contributed by atoms with Crippen LogP contribution in [0.1, 0.15) is 18.3 Å². The number of likely N-dealkylation sites (N-methyl/N-ethyl adjacent to an activating group) is 1. The summed E-state index contributed by atoms with van der Waals surface area (Å²) in [4.78, 5) is 26.5. The lowest BCUT2D eigenvalue weighted by Gasteiger charge is -2.38. The topological polar surface area (TPSA) is 89.0 Å². The molecular formula is C27H26N6O2. The van der Waals surface area contributed by atoms with Crippen LogP contribution in [0, 0.1) is 0 Å². The average molecular weight is 467 g/mol. The zero-order valence-corrected chi connectivity index (χ0v) is 19.4. The first kappa shape index (κ1) is 21.4. The molecule has 2 aliphatic heterocycles. The number of anilines is 1. The number of rotatable bonds is 5. The molecule has 2 fully saturated rings. The van der Waals surface area contributed by atoms with E-state index in [0.29, 0.717) is 5.82 Å². The molecular weight excluding hydrogens is 440 g/mol. The maximum atomic E-state index is 12.9. The molecule has 2 bridgehead atoms. The van der Waals surface area contributed by atoms with Gasteiger partial charge in [-0.3, -0.25) is 14.1 Å². The number of hydrogen-bond acceptors (Lipinski definition) is 6. The van der Waals surface area contributed by atoms with Gasteiger partial charge in [-0.1, -0.05) is 24.8 Å². The summed E-state index contributed by atoms with van der Waals surface area (Å²) in [5.74, 6) is 2.60. The lowest BCUT2D eigenvalue weighted by molar-refractivity contribution is -0.131. The van der Waals surface area contributed by atoms with E-state index in [-0.39, 0.29) is 24.0 Å². The number of nitrogens with two attached hydrogens (primary N) is 1. The van der Waals surface area contributed by atoms with Gasteiger partial charge >= 0.3 is 0 Å². The molecule has 4 heterocycles. The van der Waals surface area contributed by atoms with Crippen molar-refractivity contribution in [1.82, 2.24) is 24.2 Å². The summed E-state index contributed by atoms with van der Waals surface area (Å²) in [5.41, 5.74) is 8.72. The Kier molecular flexibility index (Phi) is 5.04. The first-order chi connectivity index (χ1) is 17.0. The number of ether oxygens (including phenoxy) is 1. The van der Waals surface area contributed by atoms with Crippen LogP contribution >= 0.6 is 0 Å². The van der Waals surface area contributed by atoms with Gasteiger partial charge in [-0.05, 0) is 55.9 Å². The quantitative estimate of drug-likeness (QED) is 0.449. The molecule has 2 aromatic carbocycles. The molecule has 8 heteroatoms. The van der Waals surface area contributed by atoms with Gasteiger partial charge < -0.3 is 15.4 Å². The first-order valence-electron chi connectivity index (χ1n) is 11.7. The van der Waals surface area contributed by atoms with E-state index in [2.05, 4.69) is 23.5 Å². The number of fused-ring (bicyclic) bond motifs is 3. The fourth-order valence-corrected chi connectivity index (χ4v) is 5.51. The molecule has 6 rings (SSSR count). The number of hydrogen-bond donors (Lipinski definition) is 1. The number of aromatic nitrogens is 3. The van der Waals surface area contributed by atoms with Crippen LogP contribution < -0.4 is 10.5 Å². The molecule has 0 spiro atoms. The Morgan fingerprint density at radius 1 is 1.14 bits per heavy atom. The van der Waals surface area contributed by atoms with Gasteiger partial charge in [-0.15, -0.1) is 0 Å². The van der Waals surface area contributed by atoms with Crippen LogP contribution in [0.5, 0.6) is 11.5 Å². The summed E-state index contributed by atoms with van der Waals surface area (Å²) >= 11 is 0. The maximum absolute atomic E-state index is 12.9. The average Bonchev–Trinajstić information content (AvgIpc) is 3.56. The van der Waals surface area contributed by atoms with E-state index in [9.17, 15) is 4.79 Å². The highest BCUT2D eigenvalue weighted by molar-refractivity contribution is 5.89. The molecule has 4 aromatic rings. The number of para-hydroxylation sites is 1. The number of piperazine rings is 1. The Morgan fingerprint density at radius 2 is 1.89 bits per heavy atom. The van der Waals surface area contributed by atoms with Crippen molar-refractivity contribution < 1.29 is 9.53 Å². The fourth-order valence-electron chi connectivity index (χ4n) is 5.51. The van der Waals surface area contributed by atoms with Crippen LogP contribution in [0.15, 0.2) is 79.6 Å². The molecule has 2 aromatic heterocycles. The lowest BCUT2D eigenvalue weighted by atomic mass is 10.1. The van der Waals surface area contributed by atoms with E-state index in [0.717, 1.165) is 47.1 Å². The van der Waals surface area contributed by atoms with E-state index in [4.69, 9.17) is 15.5 Å². The molecule has 8 nitrogen and oxygen atoms in total. The lowest BCUT2D eigenvalue weighted by Crippen LogP contribution is -2.49. The van der Waals surface area contributed by atoms with Gasteiger partial charge in [-0.2, -0.15) is 0 Å². The number of carbonyl (C=O) groups excluding carboxylic acids is 1. The molecule has 176 valence electrons. The summed E-state index contributed by atoms with van der Waals surface area (Å²) in [5, 5.41) is 0. The summed E-state index contributed by atoms with van der Waals surface area (Å²) in [6, 6.07) is 17.5. The molecule has 2 aliphatic rings. The predicted molar refractivity (Wildman–Crippen MR) is 134 cm³/mol. The van der Waals surface area contributed by atoms with Crippen molar-refractivity contribution in [3.8, 4) is 22.8 Å². The monoisotopic (exact) mass is 466 g/mol. The van der Waals surface area contributed by atoms with Gasteiger partial charge in [0.1, 0.15) is 40.4 Å². The Balaban J connectivity index is 1.43. The Bertz CT molecular complexity index is 1420. The number of amides is 1. The molecule has 1 amide bonds. The van der Waals surface area contributed by atoms with E-state index in [1.165, 1.54) is 6.08 Å². The second-order valence-corrected chi connectivity index (χ2v) is 9.08. The zero-order valence-electron chi connectivity index (χ0n) is 19.4. The first-order valence-corrected chi connectivity index (χ1v) is 11.7. The third-order valence-corrected chi connectivity index (χ3v) is 7.05. The smallest absolute Gasteiger partial charge is 0.246 e. The Labute approximate surface area is 203 Å². The molecule has 1 unspecified atom stereocenters. The third kappa shape index (κ3) is 3.45. The van der Waals surface area contributed by atoms with Crippen LogP contribution in [-0.4, -0.2) is 55.8 Å². The van der Waals surface area contributed by atoms with Gasteiger partial charge in [0.05, 0.1) is 0 Å². The number of carbonyl (C=O) groups is 1. The van der Waals surface area contributed by atoms with E-state index in [1.54, 1.807) is 6.20 Å². The third-order valence-electron chi connectivity index (χ3n) is 7.05. The molecule has 0 aliphatic carbocycles. The number of imidazole rings is 1. The van der Waals surface area contributed by atoms with Gasteiger partial charge in [-0.25, -0.2) is 9.97 Å². The summed E-state index contributed by atoms with van der Waals surface area (Å²) < 4.78 is 7.92. The van der Waals surface area contributed by atoms with Gasteiger partial charge in [0.25, 0.3) is 0 Å². The molecule has 0 saturated carbocycles. The SMILES string of the molecule is C=CC(=O)N1C(c2nc(-c3ccc(Oc4ccccc4)cc3)c3c(N)nccn23)[C@@H]2C[C@H]1CN2C.